The quantitative estimate of drug-likeness (QED) is 0.810. The van der Waals surface area contributed by atoms with E-state index in [9.17, 15) is 0 Å². The predicted molar refractivity (Wildman–Crippen MR) is 74.2 cm³/mol. The van der Waals surface area contributed by atoms with Crippen molar-refractivity contribution in [1.82, 2.24) is 10.2 Å². The molecular formula is C15H30N2. The molecule has 0 aromatic carbocycles. The van der Waals surface area contributed by atoms with Crippen molar-refractivity contribution in [3.63, 3.8) is 0 Å². The summed E-state index contributed by atoms with van der Waals surface area (Å²) in [6, 6.07) is 2.40. The first-order valence-electron chi connectivity index (χ1n) is 7.57. The molecule has 1 saturated carbocycles. The molecule has 2 rings (SSSR count). The zero-order valence-electron chi connectivity index (χ0n) is 12.1. The van der Waals surface area contributed by atoms with Crippen molar-refractivity contribution in [2.45, 2.75) is 71.5 Å². The summed E-state index contributed by atoms with van der Waals surface area (Å²) >= 11 is 0. The highest BCUT2D eigenvalue weighted by atomic mass is 15.3. The summed E-state index contributed by atoms with van der Waals surface area (Å²) in [5, 5.41) is 3.77. The van der Waals surface area contributed by atoms with Crippen molar-refractivity contribution in [3.05, 3.63) is 0 Å². The van der Waals surface area contributed by atoms with Crippen LogP contribution in [-0.4, -0.2) is 36.1 Å². The van der Waals surface area contributed by atoms with Gasteiger partial charge in [-0.05, 0) is 31.1 Å². The molecule has 0 radical (unpaired) electrons. The summed E-state index contributed by atoms with van der Waals surface area (Å²) in [5.41, 5.74) is 0. The first kappa shape index (κ1) is 13.4. The van der Waals surface area contributed by atoms with E-state index in [1.54, 1.807) is 0 Å². The molecule has 0 aromatic heterocycles. The summed E-state index contributed by atoms with van der Waals surface area (Å²) in [4.78, 5) is 2.83. The summed E-state index contributed by atoms with van der Waals surface area (Å²) in [6.45, 7) is 11.9. The van der Waals surface area contributed by atoms with Crippen LogP contribution >= 0.6 is 0 Å². The molecule has 2 atom stereocenters. The molecule has 1 aliphatic heterocycles. The molecule has 0 aromatic rings. The van der Waals surface area contributed by atoms with E-state index in [1.807, 2.05) is 0 Å². The molecule has 1 heterocycles. The van der Waals surface area contributed by atoms with Crippen LogP contribution in [0.25, 0.3) is 0 Å². The Morgan fingerprint density at radius 1 is 1.18 bits per heavy atom. The average molecular weight is 238 g/mol. The van der Waals surface area contributed by atoms with Crippen molar-refractivity contribution in [1.29, 1.82) is 0 Å². The topological polar surface area (TPSA) is 15.3 Å². The highest BCUT2D eigenvalue weighted by Crippen LogP contribution is 2.30. The lowest BCUT2D eigenvalue weighted by Gasteiger charge is -2.49. The largest absolute Gasteiger partial charge is 0.311 e. The van der Waals surface area contributed by atoms with Crippen molar-refractivity contribution >= 4 is 0 Å². The first-order valence-corrected chi connectivity index (χ1v) is 7.57. The van der Waals surface area contributed by atoms with Gasteiger partial charge in [0.25, 0.3) is 0 Å². The maximum absolute atomic E-state index is 3.77. The number of nitrogens with zero attached hydrogens (tertiary/aromatic N) is 1. The number of nitrogens with one attached hydrogen (secondary N) is 1. The van der Waals surface area contributed by atoms with Crippen LogP contribution in [0.2, 0.25) is 0 Å². The van der Waals surface area contributed by atoms with Gasteiger partial charge in [-0.2, -0.15) is 0 Å². The van der Waals surface area contributed by atoms with Crippen molar-refractivity contribution in [2.75, 3.05) is 13.1 Å². The van der Waals surface area contributed by atoms with Gasteiger partial charge in [-0.1, -0.05) is 34.1 Å². The van der Waals surface area contributed by atoms with Gasteiger partial charge in [-0.25, -0.2) is 0 Å². The van der Waals surface area contributed by atoms with E-state index in [2.05, 4.69) is 37.9 Å². The smallest absolute Gasteiger partial charge is 0.0247 e. The van der Waals surface area contributed by atoms with E-state index < -0.39 is 0 Å². The molecule has 17 heavy (non-hydrogen) atoms. The third kappa shape index (κ3) is 3.23. The molecule has 0 spiro atoms. The van der Waals surface area contributed by atoms with Gasteiger partial charge in [0.2, 0.25) is 0 Å². The van der Waals surface area contributed by atoms with Crippen LogP contribution in [0.3, 0.4) is 0 Å². The SMILES string of the molecule is CC(C)CC1CN(C2CCC2)C(C(C)C)CN1. The molecule has 100 valence electrons. The third-order valence-electron chi connectivity index (χ3n) is 4.54. The fourth-order valence-electron chi connectivity index (χ4n) is 3.34. The normalized spacial score (nSPS) is 32.1. The minimum atomic E-state index is 0.727. The summed E-state index contributed by atoms with van der Waals surface area (Å²) in [7, 11) is 0. The van der Waals surface area contributed by atoms with E-state index in [1.165, 1.54) is 38.8 Å². The van der Waals surface area contributed by atoms with Gasteiger partial charge in [0, 0.05) is 31.2 Å². The first-order chi connectivity index (χ1) is 8.08. The molecule has 2 fully saturated rings. The minimum Gasteiger partial charge on any atom is -0.311 e. The third-order valence-corrected chi connectivity index (χ3v) is 4.54. The maximum Gasteiger partial charge on any atom is 0.0247 e. The molecular weight excluding hydrogens is 208 g/mol. The molecule has 0 amide bonds. The van der Waals surface area contributed by atoms with Gasteiger partial charge in [0.15, 0.2) is 0 Å². The Morgan fingerprint density at radius 2 is 1.88 bits per heavy atom. The van der Waals surface area contributed by atoms with Crippen LogP contribution in [0.15, 0.2) is 0 Å². The highest BCUT2D eigenvalue weighted by molar-refractivity contribution is 4.94. The van der Waals surface area contributed by atoms with Crippen LogP contribution in [0.5, 0.6) is 0 Å². The van der Waals surface area contributed by atoms with Gasteiger partial charge in [0.1, 0.15) is 0 Å². The lowest BCUT2D eigenvalue weighted by molar-refractivity contribution is 0.0187. The minimum absolute atomic E-state index is 0.727. The summed E-state index contributed by atoms with van der Waals surface area (Å²) in [5.74, 6) is 1.59. The zero-order valence-corrected chi connectivity index (χ0v) is 12.1. The monoisotopic (exact) mass is 238 g/mol. The van der Waals surface area contributed by atoms with Crippen LogP contribution in [0.1, 0.15) is 53.4 Å². The average Bonchev–Trinajstić information content (AvgIpc) is 2.13. The standard InChI is InChI=1S/C15H30N2/c1-11(2)8-13-10-17(14-6-5-7-14)15(9-16-13)12(3)4/h11-16H,5-10H2,1-4H3. The van der Waals surface area contributed by atoms with Crippen molar-refractivity contribution in [2.24, 2.45) is 11.8 Å². The maximum atomic E-state index is 3.77. The number of piperazine rings is 1. The van der Waals surface area contributed by atoms with Gasteiger partial charge in [0.05, 0.1) is 0 Å². The second kappa shape index (κ2) is 5.71. The molecule has 1 saturated heterocycles. The van der Waals surface area contributed by atoms with E-state index >= 15 is 0 Å². The van der Waals surface area contributed by atoms with Gasteiger partial charge in [-0.3, -0.25) is 4.90 Å². The molecule has 2 nitrogen and oxygen atoms in total. The molecule has 1 aliphatic carbocycles. The summed E-state index contributed by atoms with van der Waals surface area (Å²) < 4.78 is 0. The second-order valence-corrected chi connectivity index (χ2v) is 6.83. The van der Waals surface area contributed by atoms with E-state index in [0.29, 0.717) is 0 Å². The Balaban J connectivity index is 1.94. The molecule has 1 N–H and O–H groups in total. The van der Waals surface area contributed by atoms with E-state index in [4.69, 9.17) is 0 Å². The summed E-state index contributed by atoms with van der Waals surface area (Å²) in [6.07, 6.45) is 5.66. The van der Waals surface area contributed by atoms with E-state index in [0.717, 1.165) is 30.0 Å². The predicted octanol–water partition coefficient (Wildman–Crippen LogP) is 2.88. The second-order valence-electron chi connectivity index (χ2n) is 6.83. The van der Waals surface area contributed by atoms with Crippen LogP contribution in [0.4, 0.5) is 0 Å². The van der Waals surface area contributed by atoms with Crippen LogP contribution in [0, 0.1) is 11.8 Å². The lowest BCUT2D eigenvalue weighted by Crippen LogP contribution is -2.62. The lowest BCUT2D eigenvalue weighted by atomic mass is 9.86. The molecule has 0 bridgehead atoms. The Morgan fingerprint density at radius 3 is 2.35 bits per heavy atom. The Kier molecular flexibility index (Phi) is 4.48. The van der Waals surface area contributed by atoms with Crippen LogP contribution < -0.4 is 5.32 Å². The van der Waals surface area contributed by atoms with Gasteiger partial charge < -0.3 is 5.32 Å². The fraction of sp³-hybridized carbons (Fsp3) is 1.00. The Labute approximate surface area is 107 Å². The molecule has 2 aliphatic rings. The zero-order chi connectivity index (χ0) is 12.4. The van der Waals surface area contributed by atoms with Gasteiger partial charge >= 0.3 is 0 Å². The van der Waals surface area contributed by atoms with Crippen molar-refractivity contribution < 1.29 is 0 Å². The highest BCUT2D eigenvalue weighted by Gasteiger charge is 2.36. The van der Waals surface area contributed by atoms with Crippen LogP contribution in [-0.2, 0) is 0 Å². The fourth-order valence-corrected chi connectivity index (χ4v) is 3.34. The van der Waals surface area contributed by atoms with Crippen molar-refractivity contribution in [3.8, 4) is 0 Å². The molecule has 2 unspecified atom stereocenters. The number of hydrogen-bond acceptors (Lipinski definition) is 2. The molecule has 2 heteroatoms. The number of hydrogen-bond donors (Lipinski definition) is 1. The van der Waals surface area contributed by atoms with E-state index in [-0.39, 0.29) is 0 Å². The van der Waals surface area contributed by atoms with Gasteiger partial charge in [-0.15, -0.1) is 0 Å². The Bertz CT molecular complexity index is 233. The number of rotatable bonds is 4. The Hall–Kier alpha value is -0.0800.